The largest absolute Gasteiger partial charge is 0.387 e. The molecule has 2 aliphatic heterocycles. The van der Waals surface area contributed by atoms with Gasteiger partial charge >= 0.3 is 0 Å². The summed E-state index contributed by atoms with van der Waals surface area (Å²) < 4.78 is 0. The lowest BCUT2D eigenvalue weighted by atomic mass is 9.90. The molecule has 1 aromatic rings. The first-order chi connectivity index (χ1) is 9.89. The summed E-state index contributed by atoms with van der Waals surface area (Å²) in [7, 11) is 2.11. The lowest BCUT2D eigenvalue weighted by molar-refractivity contribution is -0.201. The molecule has 0 unspecified atom stereocenters. The Labute approximate surface area is 127 Å². The number of rotatable bonds is 2. The van der Waals surface area contributed by atoms with Crippen molar-refractivity contribution in [1.82, 2.24) is 9.96 Å². The predicted molar refractivity (Wildman–Crippen MR) is 82.6 cm³/mol. The summed E-state index contributed by atoms with van der Waals surface area (Å²) >= 11 is 0. The van der Waals surface area contributed by atoms with Gasteiger partial charge in [-0.2, -0.15) is 5.06 Å². The SMILES string of the molecule is CN1C[C@@H]2CON(C(C)(C)C)[C@@H]2[C@H]1[C@@H](O)c1ccccc1. The molecular formula is C17H26N2O2. The zero-order valence-electron chi connectivity index (χ0n) is 13.4. The highest BCUT2D eigenvalue weighted by Crippen LogP contribution is 2.41. The van der Waals surface area contributed by atoms with Crippen LogP contribution in [0.2, 0.25) is 0 Å². The minimum Gasteiger partial charge on any atom is -0.387 e. The van der Waals surface area contributed by atoms with Gasteiger partial charge in [0, 0.05) is 18.0 Å². The molecule has 2 heterocycles. The summed E-state index contributed by atoms with van der Waals surface area (Å²) in [6.45, 7) is 8.23. The van der Waals surface area contributed by atoms with Crippen molar-refractivity contribution < 1.29 is 9.94 Å². The first kappa shape index (κ1) is 15.0. The van der Waals surface area contributed by atoms with Crippen LogP contribution < -0.4 is 0 Å². The van der Waals surface area contributed by atoms with E-state index in [-0.39, 0.29) is 17.6 Å². The van der Waals surface area contributed by atoms with Crippen LogP contribution in [-0.2, 0) is 4.84 Å². The van der Waals surface area contributed by atoms with Gasteiger partial charge in [0.05, 0.1) is 24.8 Å². The highest BCUT2D eigenvalue weighted by molar-refractivity contribution is 5.21. The van der Waals surface area contributed by atoms with Crippen LogP contribution in [0.15, 0.2) is 30.3 Å². The van der Waals surface area contributed by atoms with Gasteiger partial charge in [0.2, 0.25) is 0 Å². The molecule has 116 valence electrons. The predicted octanol–water partition coefficient (Wildman–Crippen LogP) is 2.06. The summed E-state index contributed by atoms with van der Waals surface area (Å²) in [6, 6.07) is 10.3. The van der Waals surface area contributed by atoms with Crippen molar-refractivity contribution in [2.24, 2.45) is 5.92 Å². The van der Waals surface area contributed by atoms with Crippen molar-refractivity contribution in [2.45, 2.75) is 44.5 Å². The second kappa shape index (κ2) is 5.36. The minimum atomic E-state index is -0.488. The Kier molecular flexibility index (Phi) is 3.82. The smallest absolute Gasteiger partial charge is 0.0961 e. The fourth-order valence-electron chi connectivity index (χ4n) is 3.80. The second-order valence-electron chi connectivity index (χ2n) is 7.33. The Morgan fingerprint density at radius 1 is 1.24 bits per heavy atom. The maximum atomic E-state index is 10.9. The molecule has 2 fully saturated rings. The normalized spacial score (nSPS) is 32.3. The van der Waals surface area contributed by atoms with Gasteiger partial charge in [-0.15, -0.1) is 0 Å². The van der Waals surface area contributed by atoms with E-state index in [0.29, 0.717) is 5.92 Å². The third-order valence-electron chi connectivity index (χ3n) is 4.69. The summed E-state index contributed by atoms with van der Waals surface area (Å²) in [5, 5.41) is 13.0. The fourth-order valence-corrected chi connectivity index (χ4v) is 3.80. The number of hydrogen-bond acceptors (Lipinski definition) is 4. The Morgan fingerprint density at radius 3 is 2.52 bits per heavy atom. The van der Waals surface area contributed by atoms with E-state index in [9.17, 15) is 5.11 Å². The summed E-state index contributed by atoms with van der Waals surface area (Å²) in [5.74, 6) is 0.470. The summed E-state index contributed by atoms with van der Waals surface area (Å²) in [5.41, 5.74) is 0.926. The number of aliphatic hydroxyl groups is 1. The number of nitrogens with zero attached hydrogens (tertiary/aromatic N) is 2. The van der Waals surface area contributed by atoms with Gasteiger partial charge in [-0.3, -0.25) is 9.74 Å². The van der Waals surface area contributed by atoms with Crippen LogP contribution in [0.1, 0.15) is 32.4 Å². The standard InChI is InChI=1S/C17H26N2O2/c1-17(2,3)19-14-13(11-21-19)10-18(4)15(14)16(20)12-8-6-5-7-9-12/h5-9,13-16,20H,10-11H2,1-4H3/t13-,14+,15+,16+/m1/s1. The Balaban J connectivity index is 1.89. The molecule has 0 bridgehead atoms. The zero-order chi connectivity index (χ0) is 15.2. The number of hydrogen-bond donors (Lipinski definition) is 1. The van der Waals surface area contributed by atoms with Crippen molar-refractivity contribution in [3.63, 3.8) is 0 Å². The van der Waals surface area contributed by atoms with Gasteiger partial charge in [-0.25, -0.2) is 0 Å². The van der Waals surface area contributed by atoms with Crippen LogP contribution in [-0.4, -0.2) is 52.9 Å². The van der Waals surface area contributed by atoms with Crippen molar-refractivity contribution >= 4 is 0 Å². The Hall–Kier alpha value is -0.940. The topological polar surface area (TPSA) is 35.9 Å². The monoisotopic (exact) mass is 290 g/mol. The molecule has 2 aliphatic rings. The van der Waals surface area contributed by atoms with Gasteiger partial charge in [-0.05, 0) is 33.4 Å². The molecule has 0 spiro atoms. The number of hydroxylamine groups is 2. The van der Waals surface area contributed by atoms with E-state index in [1.54, 1.807) is 0 Å². The van der Waals surface area contributed by atoms with E-state index in [2.05, 4.69) is 37.8 Å². The second-order valence-corrected chi connectivity index (χ2v) is 7.33. The fraction of sp³-hybridized carbons (Fsp3) is 0.647. The first-order valence-corrected chi connectivity index (χ1v) is 7.75. The van der Waals surface area contributed by atoms with E-state index in [1.165, 1.54) is 0 Å². The molecule has 1 N–H and O–H groups in total. The van der Waals surface area contributed by atoms with Crippen molar-refractivity contribution in [3.05, 3.63) is 35.9 Å². The third kappa shape index (κ3) is 2.61. The van der Waals surface area contributed by atoms with Crippen molar-refractivity contribution in [3.8, 4) is 0 Å². The van der Waals surface area contributed by atoms with E-state index in [1.807, 2.05) is 30.3 Å². The zero-order valence-corrected chi connectivity index (χ0v) is 13.4. The molecule has 21 heavy (non-hydrogen) atoms. The minimum absolute atomic E-state index is 0.0563. The maximum absolute atomic E-state index is 10.9. The third-order valence-corrected chi connectivity index (χ3v) is 4.69. The maximum Gasteiger partial charge on any atom is 0.0961 e. The molecule has 0 saturated carbocycles. The molecular weight excluding hydrogens is 264 g/mol. The number of aliphatic hydroxyl groups excluding tert-OH is 1. The molecule has 0 aromatic heterocycles. The summed E-state index contributed by atoms with van der Waals surface area (Å²) in [6.07, 6.45) is -0.488. The Morgan fingerprint density at radius 2 is 1.90 bits per heavy atom. The number of likely N-dealkylation sites (tertiary alicyclic amines) is 1. The van der Waals surface area contributed by atoms with Crippen LogP contribution in [0.4, 0.5) is 0 Å². The van der Waals surface area contributed by atoms with Crippen LogP contribution in [0.3, 0.4) is 0 Å². The molecule has 0 radical (unpaired) electrons. The van der Waals surface area contributed by atoms with Gasteiger partial charge in [-0.1, -0.05) is 30.3 Å². The van der Waals surface area contributed by atoms with Gasteiger partial charge in [0.1, 0.15) is 0 Å². The van der Waals surface area contributed by atoms with E-state index in [4.69, 9.17) is 4.84 Å². The molecule has 4 atom stereocenters. The lowest BCUT2D eigenvalue weighted by Gasteiger charge is -2.40. The number of benzene rings is 1. The summed E-state index contributed by atoms with van der Waals surface area (Å²) in [4.78, 5) is 8.23. The molecule has 4 heteroatoms. The van der Waals surface area contributed by atoms with E-state index in [0.717, 1.165) is 18.7 Å². The lowest BCUT2D eigenvalue weighted by Crippen LogP contribution is -2.52. The molecule has 0 amide bonds. The van der Waals surface area contributed by atoms with Gasteiger partial charge < -0.3 is 5.11 Å². The molecule has 4 nitrogen and oxygen atoms in total. The van der Waals surface area contributed by atoms with Gasteiger partial charge in [0.15, 0.2) is 0 Å². The Bertz CT molecular complexity index is 485. The van der Waals surface area contributed by atoms with Crippen LogP contribution in [0.25, 0.3) is 0 Å². The molecule has 0 aliphatic carbocycles. The number of likely N-dealkylation sites (N-methyl/N-ethyl adjacent to an activating group) is 1. The van der Waals surface area contributed by atoms with Crippen molar-refractivity contribution in [1.29, 1.82) is 0 Å². The highest BCUT2D eigenvalue weighted by Gasteiger charge is 2.53. The highest BCUT2D eigenvalue weighted by atomic mass is 16.7. The van der Waals surface area contributed by atoms with Crippen molar-refractivity contribution in [2.75, 3.05) is 20.2 Å². The van der Waals surface area contributed by atoms with Crippen LogP contribution in [0, 0.1) is 5.92 Å². The molecule has 2 saturated heterocycles. The van der Waals surface area contributed by atoms with Gasteiger partial charge in [0.25, 0.3) is 0 Å². The van der Waals surface area contributed by atoms with Crippen LogP contribution >= 0.6 is 0 Å². The number of fused-ring (bicyclic) bond motifs is 1. The average Bonchev–Trinajstić information content (AvgIpc) is 2.96. The van der Waals surface area contributed by atoms with E-state index < -0.39 is 6.10 Å². The molecule has 3 rings (SSSR count). The van der Waals surface area contributed by atoms with Crippen LogP contribution in [0.5, 0.6) is 0 Å². The quantitative estimate of drug-likeness (QED) is 0.904. The van der Waals surface area contributed by atoms with E-state index >= 15 is 0 Å². The average molecular weight is 290 g/mol. The molecule has 1 aromatic carbocycles. The first-order valence-electron chi connectivity index (χ1n) is 7.75.